The van der Waals surface area contributed by atoms with Gasteiger partial charge in [0.15, 0.2) is 16.6 Å². The van der Waals surface area contributed by atoms with Gasteiger partial charge in [-0.25, -0.2) is 4.98 Å². The monoisotopic (exact) mass is 564 g/mol. The Hall–Kier alpha value is -4.08. The molecule has 1 saturated heterocycles. The van der Waals surface area contributed by atoms with Gasteiger partial charge in [-0.15, -0.1) is 0 Å². The zero-order chi connectivity index (χ0) is 28.0. The molecular weight excluding hydrogens is 540 g/mol. The first-order chi connectivity index (χ1) is 18.7. The average molecular weight is 565 g/mol. The molecule has 10 heteroatoms. The van der Waals surface area contributed by atoms with E-state index in [4.69, 9.17) is 30.8 Å². The molecule has 1 aliphatic rings. The summed E-state index contributed by atoms with van der Waals surface area (Å²) in [7, 11) is 4.44. The molecule has 0 spiro atoms. The summed E-state index contributed by atoms with van der Waals surface area (Å²) in [5.41, 5.74) is 3.46. The molecule has 5 rings (SSSR count). The summed E-state index contributed by atoms with van der Waals surface area (Å²) in [5, 5.41) is 12.2. The molecule has 0 aliphatic carbocycles. The van der Waals surface area contributed by atoms with Gasteiger partial charge in [0.25, 0.3) is 5.78 Å². The van der Waals surface area contributed by atoms with E-state index in [1.54, 1.807) is 36.4 Å². The van der Waals surface area contributed by atoms with E-state index in [9.17, 15) is 14.7 Å². The van der Waals surface area contributed by atoms with Crippen molar-refractivity contribution in [3.63, 3.8) is 0 Å². The van der Waals surface area contributed by atoms with Crippen molar-refractivity contribution in [3.8, 4) is 17.2 Å². The first kappa shape index (κ1) is 26.5. The number of nitrogens with zero attached hydrogens (tertiary/aromatic N) is 2. The smallest absolute Gasteiger partial charge is 0.301 e. The quantitative estimate of drug-likeness (QED) is 0.169. The molecule has 0 radical (unpaired) electrons. The number of rotatable bonds is 6. The number of methoxy groups -OCH3 is 3. The minimum absolute atomic E-state index is 0.0937. The van der Waals surface area contributed by atoms with Crippen LogP contribution in [0.15, 0.2) is 54.1 Å². The molecule has 2 heterocycles. The Kier molecular flexibility index (Phi) is 6.96. The minimum Gasteiger partial charge on any atom is -0.507 e. The summed E-state index contributed by atoms with van der Waals surface area (Å²) in [6.07, 6.45) is 0. The van der Waals surface area contributed by atoms with E-state index in [-0.39, 0.29) is 11.3 Å². The third-order valence-electron chi connectivity index (χ3n) is 6.59. The molecule has 1 N–H and O–H groups in total. The number of hydrogen-bond donors (Lipinski definition) is 1. The van der Waals surface area contributed by atoms with Gasteiger partial charge in [0.1, 0.15) is 5.76 Å². The summed E-state index contributed by atoms with van der Waals surface area (Å²) in [6, 6.07) is 12.6. The van der Waals surface area contributed by atoms with E-state index in [0.717, 1.165) is 21.3 Å². The number of aliphatic hydroxyl groups is 1. The summed E-state index contributed by atoms with van der Waals surface area (Å²) in [5.74, 6) is -0.964. The molecule has 200 valence electrons. The fraction of sp³-hybridized carbons (Fsp3) is 0.207. The van der Waals surface area contributed by atoms with Crippen LogP contribution in [0.4, 0.5) is 5.13 Å². The Labute approximate surface area is 234 Å². The van der Waals surface area contributed by atoms with Crippen molar-refractivity contribution in [2.75, 3.05) is 26.2 Å². The summed E-state index contributed by atoms with van der Waals surface area (Å²) < 4.78 is 17.4. The topological polar surface area (TPSA) is 98.2 Å². The number of carbonyl (C=O) groups excluding carboxylic acids is 2. The normalized spacial score (nSPS) is 16.7. The zero-order valence-electron chi connectivity index (χ0n) is 21.9. The number of fused-ring (bicyclic) bond motifs is 1. The number of benzene rings is 3. The molecule has 8 nitrogen and oxygen atoms in total. The summed E-state index contributed by atoms with van der Waals surface area (Å²) in [6.45, 7) is 3.93. The maximum atomic E-state index is 13.6. The molecule has 4 aromatic rings. The van der Waals surface area contributed by atoms with Gasteiger partial charge in [-0.2, -0.15) is 0 Å². The molecule has 0 saturated carbocycles. The molecule has 0 bridgehead atoms. The number of aromatic nitrogens is 1. The molecule has 1 aliphatic heterocycles. The van der Waals surface area contributed by atoms with Crippen LogP contribution in [-0.4, -0.2) is 43.1 Å². The predicted molar refractivity (Wildman–Crippen MR) is 151 cm³/mol. The lowest BCUT2D eigenvalue weighted by molar-refractivity contribution is -0.132. The largest absolute Gasteiger partial charge is 0.507 e. The first-order valence-corrected chi connectivity index (χ1v) is 13.1. The van der Waals surface area contributed by atoms with Crippen molar-refractivity contribution >= 4 is 55.7 Å². The molecule has 1 aromatic heterocycles. The number of aryl methyl sites for hydroxylation is 2. The Morgan fingerprint density at radius 1 is 0.974 bits per heavy atom. The fourth-order valence-electron chi connectivity index (χ4n) is 4.83. The van der Waals surface area contributed by atoms with Crippen molar-refractivity contribution in [1.29, 1.82) is 0 Å². The van der Waals surface area contributed by atoms with Crippen LogP contribution in [0.3, 0.4) is 0 Å². The van der Waals surface area contributed by atoms with Crippen molar-refractivity contribution in [2.24, 2.45) is 0 Å². The summed E-state index contributed by atoms with van der Waals surface area (Å²) in [4.78, 5) is 33.3. The predicted octanol–water partition coefficient (Wildman–Crippen LogP) is 6.22. The number of thiazole rings is 1. The second kappa shape index (κ2) is 10.2. The average Bonchev–Trinajstić information content (AvgIpc) is 3.46. The minimum atomic E-state index is -1.03. The van der Waals surface area contributed by atoms with Crippen molar-refractivity contribution in [3.05, 3.63) is 81.4 Å². The molecule has 1 atom stereocenters. The molecule has 1 unspecified atom stereocenters. The van der Waals surface area contributed by atoms with Crippen LogP contribution in [0.1, 0.15) is 28.3 Å². The molecule has 1 amide bonds. The van der Waals surface area contributed by atoms with E-state index in [1.807, 2.05) is 26.0 Å². The van der Waals surface area contributed by atoms with Gasteiger partial charge in [0.2, 0.25) is 5.75 Å². The van der Waals surface area contributed by atoms with Crippen LogP contribution in [0.5, 0.6) is 17.2 Å². The van der Waals surface area contributed by atoms with Crippen molar-refractivity contribution in [1.82, 2.24) is 4.98 Å². The number of amides is 1. The van der Waals surface area contributed by atoms with Gasteiger partial charge in [0.05, 0.1) is 43.2 Å². The van der Waals surface area contributed by atoms with Crippen LogP contribution in [0.25, 0.3) is 16.0 Å². The lowest BCUT2D eigenvalue weighted by Gasteiger charge is -2.24. The third-order valence-corrected chi connectivity index (χ3v) is 7.84. The fourth-order valence-corrected chi connectivity index (χ4v) is 6.12. The van der Waals surface area contributed by atoms with Gasteiger partial charge in [-0.3, -0.25) is 14.5 Å². The lowest BCUT2D eigenvalue weighted by atomic mass is 9.95. The maximum Gasteiger partial charge on any atom is 0.301 e. The van der Waals surface area contributed by atoms with Gasteiger partial charge in [0, 0.05) is 10.6 Å². The van der Waals surface area contributed by atoms with Gasteiger partial charge < -0.3 is 19.3 Å². The highest BCUT2D eigenvalue weighted by molar-refractivity contribution is 7.22. The summed E-state index contributed by atoms with van der Waals surface area (Å²) >= 11 is 7.34. The number of ketones is 1. The van der Waals surface area contributed by atoms with E-state index in [0.29, 0.717) is 38.5 Å². The number of ether oxygens (including phenoxy) is 3. The number of Topliss-reactive ketones (excluding diaryl/α,β-unsaturated/α-hetero) is 1. The van der Waals surface area contributed by atoms with Gasteiger partial charge in [-0.05, 0) is 73.0 Å². The van der Waals surface area contributed by atoms with Crippen molar-refractivity contribution in [2.45, 2.75) is 19.9 Å². The highest BCUT2D eigenvalue weighted by atomic mass is 35.5. The standard InChI is InChI=1S/C29H25ClN2O6S/c1-14-10-15(2)23-21(11-14)39-29(31-23)32-24(17-12-19(36-3)27(38-5)20(13-17)37-4)22(26(34)28(32)35)25(33)16-6-8-18(30)9-7-16/h6-13,24,33H,1-5H3/b25-22+. The van der Waals surface area contributed by atoms with E-state index in [1.165, 1.54) is 37.6 Å². The first-order valence-electron chi connectivity index (χ1n) is 11.9. The molecular formula is C29H25ClN2O6S. The van der Waals surface area contributed by atoms with Crippen LogP contribution < -0.4 is 19.1 Å². The highest BCUT2D eigenvalue weighted by Crippen LogP contribution is 2.48. The lowest BCUT2D eigenvalue weighted by Crippen LogP contribution is -2.29. The van der Waals surface area contributed by atoms with Crippen molar-refractivity contribution < 1.29 is 28.9 Å². The molecule has 3 aromatic carbocycles. The Bertz CT molecular complexity index is 1640. The van der Waals surface area contributed by atoms with E-state index in [2.05, 4.69) is 0 Å². The second-order valence-electron chi connectivity index (χ2n) is 9.06. The third kappa shape index (κ3) is 4.47. The number of aliphatic hydroxyl groups excluding tert-OH is 1. The van der Waals surface area contributed by atoms with E-state index >= 15 is 0 Å². The van der Waals surface area contributed by atoms with Crippen LogP contribution in [0, 0.1) is 13.8 Å². The van der Waals surface area contributed by atoms with E-state index < -0.39 is 17.7 Å². The van der Waals surface area contributed by atoms with Crippen LogP contribution in [-0.2, 0) is 9.59 Å². The van der Waals surface area contributed by atoms with Crippen LogP contribution >= 0.6 is 22.9 Å². The van der Waals surface area contributed by atoms with Crippen LogP contribution in [0.2, 0.25) is 5.02 Å². The second-order valence-corrected chi connectivity index (χ2v) is 10.5. The Balaban J connectivity index is 1.80. The Morgan fingerprint density at radius 3 is 2.21 bits per heavy atom. The zero-order valence-corrected chi connectivity index (χ0v) is 23.4. The van der Waals surface area contributed by atoms with Gasteiger partial charge >= 0.3 is 5.91 Å². The molecule has 39 heavy (non-hydrogen) atoms. The molecule has 1 fully saturated rings. The highest BCUT2D eigenvalue weighted by Gasteiger charge is 2.48. The SMILES string of the molecule is COc1cc(C2/C(=C(\O)c3ccc(Cl)cc3)C(=O)C(=O)N2c2nc3c(C)cc(C)cc3s2)cc(OC)c1OC. The number of hydrogen-bond acceptors (Lipinski definition) is 8. The van der Waals surface area contributed by atoms with Gasteiger partial charge in [-0.1, -0.05) is 29.0 Å². The number of carbonyl (C=O) groups is 2. The number of halogens is 1. The maximum absolute atomic E-state index is 13.6. The number of anilines is 1. The Morgan fingerprint density at radius 2 is 1.62 bits per heavy atom.